The summed E-state index contributed by atoms with van der Waals surface area (Å²) in [6.45, 7) is 0. The van der Waals surface area contributed by atoms with Crippen LogP contribution in [0.1, 0.15) is 0 Å². The summed E-state index contributed by atoms with van der Waals surface area (Å²) in [5, 5.41) is 9.25. The van der Waals surface area contributed by atoms with Crippen molar-refractivity contribution >= 4 is 82.5 Å². The molecule has 3 heteroatoms. The van der Waals surface area contributed by atoms with E-state index >= 15 is 0 Å². The molecule has 2 heterocycles. The highest BCUT2D eigenvalue weighted by Crippen LogP contribution is 2.48. The zero-order valence-electron chi connectivity index (χ0n) is 32.0. The molecule has 59 heavy (non-hydrogen) atoms. The molecule has 0 N–H and O–H groups in total. The third kappa shape index (κ3) is 5.44. The Balaban J connectivity index is 1.06. The summed E-state index contributed by atoms with van der Waals surface area (Å²) in [7, 11) is 0. The minimum atomic E-state index is 0.860. The number of hydrogen-bond acceptors (Lipinski definition) is 3. The molecule has 0 amide bonds. The first-order valence-electron chi connectivity index (χ1n) is 20.1. The fraction of sp³-hybridized carbons (Fsp3) is 0. The number of fused-ring (bicyclic) bond motifs is 9. The van der Waals surface area contributed by atoms with Crippen LogP contribution in [-0.2, 0) is 0 Å². The summed E-state index contributed by atoms with van der Waals surface area (Å²) in [6.07, 6.45) is 0. The highest BCUT2D eigenvalue weighted by Gasteiger charge is 2.24. The van der Waals surface area contributed by atoms with Gasteiger partial charge in [-0.05, 0) is 98.6 Å². The number of nitrogens with zero attached hydrogens (tertiary/aromatic N) is 1. The van der Waals surface area contributed by atoms with Gasteiger partial charge in [0.05, 0.1) is 16.8 Å². The molecule has 0 aliphatic heterocycles. The average Bonchev–Trinajstić information content (AvgIpc) is 3.89. The first kappa shape index (κ1) is 33.3. The van der Waals surface area contributed by atoms with Crippen molar-refractivity contribution in [2.45, 2.75) is 0 Å². The molecule has 0 saturated carbocycles. The lowest BCUT2D eigenvalue weighted by molar-refractivity contribution is 0.669. The monoisotopic (exact) mass is 753 g/mol. The summed E-state index contributed by atoms with van der Waals surface area (Å²) < 4.78 is 13.0. The van der Waals surface area contributed by atoms with E-state index in [2.05, 4.69) is 205 Å². The maximum absolute atomic E-state index is 6.86. The molecule has 0 fully saturated rings. The highest BCUT2D eigenvalue weighted by atomic mass is 16.3. The van der Waals surface area contributed by atoms with Gasteiger partial charge in [0, 0.05) is 32.8 Å². The van der Waals surface area contributed by atoms with E-state index in [1.54, 1.807) is 0 Å². The van der Waals surface area contributed by atoms with Crippen LogP contribution in [0.15, 0.2) is 221 Å². The van der Waals surface area contributed by atoms with Crippen LogP contribution in [0.5, 0.6) is 0 Å². The number of para-hydroxylation sites is 2. The van der Waals surface area contributed by atoms with Crippen LogP contribution >= 0.6 is 0 Å². The van der Waals surface area contributed by atoms with E-state index in [1.165, 1.54) is 32.7 Å². The third-order valence-corrected chi connectivity index (χ3v) is 11.9. The second-order valence-corrected chi connectivity index (χ2v) is 15.2. The summed E-state index contributed by atoms with van der Waals surface area (Å²) in [6, 6.07) is 75.8. The van der Waals surface area contributed by atoms with E-state index in [1.807, 2.05) is 12.1 Å². The Morgan fingerprint density at radius 3 is 1.75 bits per heavy atom. The molecule has 0 saturated heterocycles. The molecule has 0 bridgehead atoms. The third-order valence-electron chi connectivity index (χ3n) is 11.9. The van der Waals surface area contributed by atoms with Crippen molar-refractivity contribution in [3.63, 3.8) is 0 Å². The fourth-order valence-electron chi connectivity index (χ4n) is 9.03. The molecule has 2 aromatic heterocycles. The molecule has 10 aromatic carbocycles. The van der Waals surface area contributed by atoms with Gasteiger partial charge in [-0.2, -0.15) is 0 Å². The molecular formula is C56H35NO2. The Morgan fingerprint density at radius 2 is 0.915 bits per heavy atom. The van der Waals surface area contributed by atoms with E-state index in [9.17, 15) is 0 Å². The summed E-state index contributed by atoms with van der Waals surface area (Å²) in [5.41, 5.74) is 13.5. The maximum atomic E-state index is 6.86. The number of furan rings is 2. The molecular weight excluding hydrogens is 719 g/mol. The van der Waals surface area contributed by atoms with E-state index in [0.29, 0.717) is 0 Å². The van der Waals surface area contributed by atoms with E-state index < -0.39 is 0 Å². The molecule has 0 unspecified atom stereocenters. The molecule has 12 aromatic rings. The zero-order valence-corrected chi connectivity index (χ0v) is 32.0. The Labute approximate surface area is 340 Å². The molecule has 12 rings (SSSR count). The minimum absolute atomic E-state index is 0.860. The zero-order chi connectivity index (χ0) is 38.9. The SMILES string of the molecule is c1ccc(-c2ccc(-c3ccc(N(c4ccc(-c5ccc6oc7ccccc7c6c5)cc4)c4cccc5c4ccc4ccccc45)c4c3oc3ccccc34)cc2)cc1. The van der Waals surface area contributed by atoms with Crippen molar-refractivity contribution < 1.29 is 8.83 Å². The predicted octanol–water partition coefficient (Wildman–Crippen LogP) is 16.3. The molecule has 0 radical (unpaired) electrons. The van der Waals surface area contributed by atoms with Gasteiger partial charge in [0.2, 0.25) is 0 Å². The van der Waals surface area contributed by atoms with Gasteiger partial charge in [0.1, 0.15) is 22.3 Å². The fourth-order valence-corrected chi connectivity index (χ4v) is 9.03. The van der Waals surface area contributed by atoms with Crippen LogP contribution in [0, 0.1) is 0 Å². The highest BCUT2D eigenvalue weighted by molar-refractivity contribution is 6.19. The second kappa shape index (κ2) is 13.4. The van der Waals surface area contributed by atoms with Crippen molar-refractivity contribution in [1.82, 2.24) is 0 Å². The lowest BCUT2D eigenvalue weighted by atomic mass is 9.96. The molecule has 0 spiro atoms. The average molecular weight is 754 g/mol. The van der Waals surface area contributed by atoms with Crippen molar-refractivity contribution in [2.75, 3.05) is 4.90 Å². The second-order valence-electron chi connectivity index (χ2n) is 15.2. The molecule has 0 aliphatic rings. The van der Waals surface area contributed by atoms with Gasteiger partial charge in [-0.1, -0.05) is 158 Å². The van der Waals surface area contributed by atoms with Crippen molar-refractivity contribution in [3.8, 4) is 33.4 Å². The lowest BCUT2D eigenvalue weighted by Gasteiger charge is -2.28. The van der Waals surface area contributed by atoms with E-state index in [-0.39, 0.29) is 0 Å². The van der Waals surface area contributed by atoms with Gasteiger partial charge in [-0.3, -0.25) is 0 Å². The standard InChI is InChI=1S/C56H35NO2/c1-2-11-36(12-3-1)37-21-23-40(24-22-37)44-32-33-51(55-48-16-7-9-20-53(48)59-56(44)55)57(50-18-10-17-45-43-14-5-4-13-39(43)27-31-46(45)50)42-29-25-38(26-30-42)41-28-34-54-49(35-41)47-15-6-8-19-52(47)58-54/h1-35H. The lowest BCUT2D eigenvalue weighted by Crippen LogP contribution is -2.11. The smallest absolute Gasteiger partial charge is 0.145 e. The number of benzene rings is 10. The predicted molar refractivity (Wildman–Crippen MR) is 247 cm³/mol. The van der Waals surface area contributed by atoms with Crippen LogP contribution in [0.2, 0.25) is 0 Å². The van der Waals surface area contributed by atoms with Crippen LogP contribution in [0.25, 0.3) is 98.8 Å². The summed E-state index contributed by atoms with van der Waals surface area (Å²) in [4.78, 5) is 2.42. The normalized spacial score (nSPS) is 11.7. The topological polar surface area (TPSA) is 29.5 Å². The van der Waals surface area contributed by atoms with Crippen molar-refractivity contribution in [2.24, 2.45) is 0 Å². The van der Waals surface area contributed by atoms with Gasteiger partial charge in [-0.15, -0.1) is 0 Å². The summed E-state index contributed by atoms with van der Waals surface area (Å²) >= 11 is 0. The summed E-state index contributed by atoms with van der Waals surface area (Å²) in [5.74, 6) is 0. The van der Waals surface area contributed by atoms with Crippen LogP contribution in [0.4, 0.5) is 17.1 Å². The van der Waals surface area contributed by atoms with E-state index in [4.69, 9.17) is 8.83 Å². The number of anilines is 3. The van der Waals surface area contributed by atoms with Crippen LogP contribution in [0.3, 0.4) is 0 Å². The van der Waals surface area contributed by atoms with Crippen LogP contribution in [-0.4, -0.2) is 0 Å². The first-order valence-corrected chi connectivity index (χ1v) is 20.1. The Morgan fingerprint density at radius 1 is 0.305 bits per heavy atom. The van der Waals surface area contributed by atoms with Gasteiger partial charge >= 0.3 is 0 Å². The quantitative estimate of drug-likeness (QED) is 0.158. The molecule has 0 aliphatic carbocycles. The van der Waals surface area contributed by atoms with E-state index in [0.717, 1.165) is 83.2 Å². The van der Waals surface area contributed by atoms with Gasteiger partial charge < -0.3 is 13.7 Å². The van der Waals surface area contributed by atoms with Gasteiger partial charge in [0.15, 0.2) is 0 Å². The molecule has 3 nitrogen and oxygen atoms in total. The maximum Gasteiger partial charge on any atom is 0.145 e. The largest absolute Gasteiger partial charge is 0.456 e. The number of hydrogen-bond donors (Lipinski definition) is 0. The van der Waals surface area contributed by atoms with Crippen molar-refractivity contribution in [3.05, 3.63) is 212 Å². The van der Waals surface area contributed by atoms with Crippen LogP contribution < -0.4 is 4.90 Å². The molecule has 0 atom stereocenters. The Hall–Kier alpha value is -7.88. The first-order chi connectivity index (χ1) is 29.2. The van der Waals surface area contributed by atoms with Gasteiger partial charge in [0.25, 0.3) is 0 Å². The number of rotatable bonds is 6. The van der Waals surface area contributed by atoms with Gasteiger partial charge in [-0.25, -0.2) is 0 Å². The van der Waals surface area contributed by atoms with Crippen molar-refractivity contribution in [1.29, 1.82) is 0 Å². The minimum Gasteiger partial charge on any atom is -0.456 e. The Bertz CT molecular complexity index is 3540. The molecule has 276 valence electrons. The Kier molecular flexibility index (Phi) is 7.54.